The Morgan fingerprint density at radius 3 is 2.66 bits per heavy atom. The molecular formula is C21H25N3O4S. The van der Waals surface area contributed by atoms with Crippen LogP contribution in [-0.4, -0.2) is 53.7 Å². The zero-order valence-corrected chi connectivity index (χ0v) is 17.2. The summed E-state index contributed by atoms with van der Waals surface area (Å²) in [6, 6.07) is 12.1. The Kier molecular flexibility index (Phi) is 5.58. The SMILES string of the molecule is CCCCn1c(-c2cccc(O)c2)nc2cc(S(=O)(=O)N3CCOCC3)ccc21. The molecule has 0 atom stereocenters. The molecule has 0 spiro atoms. The maximum atomic E-state index is 13.0. The number of aryl methyl sites for hydroxylation is 1. The second-order valence-corrected chi connectivity index (χ2v) is 9.10. The Morgan fingerprint density at radius 1 is 1.14 bits per heavy atom. The van der Waals surface area contributed by atoms with E-state index in [0.29, 0.717) is 31.8 Å². The fraction of sp³-hybridized carbons (Fsp3) is 0.381. The quantitative estimate of drug-likeness (QED) is 0.668. The molecule has 2 aromatic carbocycles. The Hall–Kier alpha value is -2.42. The molecule has 0 aliphatic carbocycles. The zero-order chi connectivity index (χ0) is 20.4. The molecule has 1 saturated heterocycles. The van der Waals surface area contributed by atoms with Crippen LogP contribution in [0.1, 0.15) is 19.8 Å². The van der Waals surface area contributed by atoms with Crippen LogP contribution in [0.15, 0.2) is 47.4 Å². The van der Waals surface area contributed by atoms with E-state index in [1.165, 1.54) is 4.31 Å². The molecule has 1 aromatic heterocycles. The van der Waals surface area contributed by atoms with Gasteiger partial charge >= 0.3 is 0 Å². The second-order valence-electron chi connectivity index (χ2n) is 7.16. The van der Waals surface area contributed by atoms with Crippen LogP contribution in [0.4, 0.5) is 0 Å². The summed E-state index contributed by atoms with van der Waals surface area (Å²) in [4.78, 5) is 4.99. The van der Waals surface area contributed by atoms with Crippen molar-refractivity contribution in [3.8, 4) is 17.1 Å². The van der Waals surface area contributed by atoms with Crippen LogP contribution < -0.4 is 0 Å². The van der Waals surface area contributed by atoms with Crippen LogP contribution in [0.3, 0.4) is 0 Å². The van der Waals surface area contributed by atoms with Gasteiger partial charge in [0.15, 0.2) is 0 Å². The maximum Gasteiger partial charge on any atom is 0.243 e. The monoisotopic (exact) mass is 415 g/mol. The molecule has 1 fully saturated rings. The van der Waals surface area contributed by atoms with Gasteiger partial charge in [-0.2, -0.15) is 4.31 Å². The number of phenolic OH excluding ortho intramolecular Hbond substituents is 1. The van der Waals surface area contributed by atoms with Crippen LogP contribution in [0, 0.1) is 0 Å². The van der Waals surface area contributed by atoms with Gasteiger partial charge < -0.3 is 14.4 Å². The zero-order valence-electron chi connectivity index (χ0n) is 16.4. The molecule has 2 heterocycles. The smallest absolute Gasteiger partial charge is 0.243 e. The largest absolute Gasteiger partial charge is 0.508 e. The Morgan fingerprint density at radius 2 is 1.93 bits per heavy atom. The number of nitrogens with zero attached hydrogens (tertiary/aromatic N) is 3. The van der Waals surface area contributed by atoms with E-state index in [4.69, 9.17) is 9.72 Å². The topological polar surface area (TPSA) is 84.7 Å². The number of unbranched alkanes of at least 4 members (excludes halogenated alkanes) is 1. The summed E-state index contributed by atoms with van der Waals surface area (Å²) in [6.45, 7) is 4.44. The van der Waals surface area contributed by atoms with Crippen molar-refractivity contribution < 1.29 is 18.3 Å². The highest BCUT2D eigenvalue weighted by atomic mass is 32.2. The highest BCUT2D eigenvalue weighted by molar-refractivity contribution is 7.89. The predicted octanol–water partition coefficient (Wildman–Crippen LogP) is 3.23. The van der Waals surface area contributed by atoms with Gasteiger partial charge in [0.25, 0.3) is 0 Å². The molecule has 7 nitrogen and oxygen atoms in total. The summed E-state index contributed by atoms with van der Waals surface area (Å²) in [5, 5.41) is 9.88. The molecular weight excluding hydrogens is 390 g/mol. The number of aromatic nitrogens is 2. The molecule has 3 aromatic rings. The number of rotatable bonds is 6. The first-order valence-electron chi connectivity index (χ1n) is 9.88. The number of hydrogen-bond donors (Lipinski definition) is 1. The summed E-state index contributed by atoms with van der Waals surface area (Å²) in [5.74, 6) is 0.900. The molecule has 1 N–H and O–H groups in total. The van der Waals surface area contributed by atoms with Gasteiger partial charge in [-0.1, -0.05) is 25.5 Å². The van der Waals surface area contributed by atoms with Crippen molar-refractivity contribution >= 4 is 21.1 Å². The van der Waals surface area contributed by atoms with Gasteiger partial charge in [-0.05, 0) is 36.8 Å². The molecule has 0 radical (unpaired) electrons. The minimum atomic E-state index is -3.58. The van der Waals surface area contributed by atoms with Gasteiger partial charge in [0.2, 0.25) is 10.0 Å². The Labute approximate surface area is 170 Å². The molecule has 4 rings (SSSR count). The summed E-state index contributed by atoms with van der Waals surface area (Å²) in [7, 11) is -3.58. The average Bonchev–Trinajstić information content (AvgIpc) is 3.10. The van der Waals surface area contributed by atoms with Crippen LogP contribution in [0.2, 0.25) is 0 Å². The van der Waals surface area contributed by atoms with E-state index in [9.17, 15) is 13.5 Å². The van der Waals surface area contributed by atoms with Gasteiger partial charge in [-0.3, -0.25) is 0 Å². The molecule has 0 saturated carbocycles. The number of hydrogen-bond acceptors (Lipinski definition) is 5. The molecule has 8 heteroatoms. The third-order valence-corrected chi connectivity index (χ3v) is 7.06. The third kappa shape index (κ3) is 3.88. The van der Waals surface area contributed by atoms with Gasteiger partial charge in [0.1, 0.15) is 11.6 Å². The van der Waals surface area contributed by atoms with Crippen molar-refractivity contribution in [1.29, 1.82) is 0 Å². The normalized spacial score (nSPS) is 15.8. The first-order chi connectivity index (χ1) is 14.0. The van der Waals surface area contributed by atoms with Gasteiger partial charge in [0.05, 0.1) is 29.1 Å². The number of morpholine rings is 1. The van der Waals surface area contributed by atoms with Gasteiger partial charge in [0, 0.05) is 25.2 Å². The van der Waals surface area contributed by atoms with E-state index < -0.39 is 10.0 Å². The lowest BCUT2D eigenvalue weighted by Crippen LogP contribution is -2.40. The lowest BCUT2D eigenvalue weighted by atomic mass is 10.2. The van der Waals surface area contributed by atoms with Crippen molar-refractivity contribution in [1.82, 2.24) is 13.9 Å². The Bertz CT molecular complexity index is 1120. The third-order valence-electron chi connectivity index (χ3n) is 5.17. The lowest BCUT2D eigenvalue weighted by molar-refractivity contribution is 0.0730. The molecule has 1 aliphatic rings. The van der Waals surface area contributed by atoms with E-state index in [1.807, 2.05) is 12.1 Å². The molecule has 0 amide bonds. The van der Waals surface area contributed by atoms with Gasteiger partial charge in [-0.25, -0.2) is 13.4 Å². The van der Waals surface area contributed by atoms with E-state index >= 15 is 0 Å². The lowest BCUT2D eigenvalue weighted by Gasteiger charge is -2.26. The van der Waals surface area contributed by atoms with Crippen molar-refractivity contribution in [3.63, 3.8) is 0 Å². The van der Waals surface area contributed by atoms with Crippen molar-refractivity contribution in [2.24, 2.45) is 0 Å². The van der Waals surface area contributed by atoms with E-state index in [-0.39, 0.29) is 10.6 Å². The number of aromatic hydroxyl groups is 1. The van der Waals surface area contributed by atoms with Crippen LogP contribution in [0.5, 0.6) is 5.75 Å². The fourth-order valence-corrected chi connectivity index (χ4v) is 5.04. The van der Waals surface area contributed by atoms with Crippen molar-refractivity contribution in [3.05, 3.63) is 42.5 Å². The summed E-state index contributed by atoms with van der Waals surface area (Å²) in [5.41, 5.74) is 2.32. The molecule has 0 bridgehead atoms. The van der Waals surface area contributed by atoms with E-state index in [1.54, 1.807) is 30.3 Å². The number of fused-ring (bicyclic) bond motifs is 1. The minimum Gasteiger partial charge on any atom is -0.508 e. The number of phenols is 1. The number of ether oxygens (including phenoxy) is 1. The predicted molar refractivity (Wildman–Crippen MR) is 111 cm³/mol. The standard InChI is InChI=1S/C21H25N3O4S/c1-2-3-9-24-20-8-7-18(29(26,27)23-10-12-28-13-11-23)15-19(20)22-21(24)16-5-4-6-17(25)14-16/h4-8,14-15,25H,2-3,9-13H2,1H3. The molecule has 29 heavy (non-hydrogen) atoms. The average molecular weight is 416 g/mol. The highest BCUT2D eigenvalue weighted by Gasteiger charge is 2.27. The first-order valence-corrected chi connectivity index (χ1v) is 11.3. The van der Waals surface area contributed by atoms with E-state index in [0.717, 1.165) is 36.3 Å². The molecule has 1 aliphatic heterocycles. The van der Waals surface area contributed by atoms with Gasteiger partial charge in [-0.15, -0.1) is 0 Å². The summed E-state index contributed by atoms with van der Waals surface area (Å²) >= 11 is 0. The highest BCUT2D eigenvalue weighted by Crippen LogP contribution is 2.29. The summed E-state index contributed by atoms with van der Waals surface area (Å²) < 4.78 is 34.9. The molecule has 154 valence electrons. The van der Waals surface area contributed by atoms with E-state index in [2.05, 4.69) is 11.5 Å². The van der Waals surface area contributed by atoms with Crippen molar-refractivity contribution in [2.45, 2.75) is 31.2 Å². The Balaban J connectivity index is 1.81. The number of sulfonamides is 1. The number of benzene rings is 2. The van der Waals surface area contributed by atoms with Crippen LogP contribution in [0.25, 0.3) is 22.4 Å². The summed E-state index contributed by atoms with van der Waals surface area (Å²) in [6.07, 6.45) is 2.01. The maximum absolute atomic E-state index is 13.0. The number of imidazole rings is 1. The van der Waals surface area contributed by atoms with Crippen LogP contribution in [-0.2, 0) is 21.3 Å². The van der Waals surface area contributed by atoms with Crippen LogP contribution >= 0.6 is 0 Å². The second kappa shape index (κ2) is 8.14. The first kappa shape index (κ1) is 19.9. The molecule has 0 unspecified atom stereocenters. The minimum absolute atomic E-state index is 0.173. The fourth-order valence-electron chi connectivity index (χ4n) is 3.61. The van der Waals surface area contributed by atoms with Crippen molar-refractivity contribution in [2.75, 3.05) is 26.3 Å².